The SMILES string of the molecule is c1ccc(P(CCc2ccccn2)CCc2ccccn2)cc1. The molecule has 0 saturated heterocycles. The third-order valence-corrected chi connectivity index (χ3v) is 6.40. The molecule has 0 bridgehead atoms. The van der Waals surface area contributed by atoms with Crippen molar-refractivity contribution in [2.45, 2.75) is 12.8 Å². The highest BCUT2D eigenvalue weighted by molar-refractivity contribution is 7.65. The molecule has 0 radical (unpaired) electrons. The molecule has 0 saturated carbocycles. The van der Waals surface area contributed by atoms with Gasteiger partial charge in [-0.05, 0) is 54.7 Å². The largest absolute Gasteiger partial charge is 0.261 e. The van der Waals surface area contributed by atoms with E-state index in [1.165, 1.54) is 29.0 Å². The Bertz CT molecular complexity index is 643. The van der Waals surface area contributed by atoms with Crippen LogP contribution in [-0.4, -0.2) is 22.3 Å². The fourth-order valence-corrected chi connectivity index (χ4v) is 4.93. The molecule has 0 N–H and O–H groups in total. The highest BCUT2D eigenvalue weighted by Crippen LogP contribution is 2.35. The van der Waals surface area contributed by atoms with E-state index in [0.29, 0.717) is 0 Å². The number of rotatable bonds is 7. The van der Waals surface area contributed by atoms with Crippen LogP contribution < -0.4 is 5.30 Å². The maximum Gasteiger partial charge on any atom is 0.0407 e. The van der Waals surface area contributed by atoms with Crippen LogP contribution >= 0.6 is 7.92 Å². The van der Waals surface area contributed by atoms with Gasteiger partial charge in [0.05, 0.1) is 0 Å². The van der Waals surface area contributed by atoms with Crippen LogP contribution in [0.25, 0.3) is 0 Å². The minimum atomic E-state index is -0.183. The maximum absolute atomic E-state index is 4.46. The molecule has 0 spiro atoms. The molecule has 2 aromatic heterocycles. The first-order valence-electron chi connectivity index (χ1n) is 8.01. The average Bonchev–Trinajstić information content (AvgIpc) is 2.64. The molecule has 2 nitrogen and oxygen atoms in total. The van der Waals surface area contributed by atoms with Gasteiger partial charge in [-0.2, -0.15) is 0 Å². The van der Waals surface area contributed by atoms with Gasteiger partial charge in [0.25, 0.3) is 0 Å². The summed E-state index contributed by atoms with van der Waals surface area (Å²) in [7, 11) is -0.183. The van der Waals surface area contributed by atoms with Gasteiger partial charge < -0.3 is 0 Å². The quantitative estimate of drug-likeness (QED) is 0.613. The van der Waals surface area contributed by atoms with E-state index in [4.69, 9.17) is 0 Å². The number of aromatic nitrogens is 2. The molecule has 0 atom stereocenters. The molecule has 3 aromatic rings. The summed E-state index contributed by atoms with van der Waals surface area (Å²) in [6.45, 7) is 0. The molecule has 0 amide bonds. The zero-order valence-corrected chi connectivity index (χ0v) is 14.1. The minimum absolute atomic E-state index is 0.183. The average molecular weight is 320 g/mol. The van der Waals surface area contributed by atoms with Crippen molar-refractivity contribution in [3.8, 4) is 0 Å². The summed E-state index contributed by atoms with van der Waals surface area (Å²) in [4.78, 5) is 8.92. The van der Waals surface area contributed by atoms with Crippen LogP contribution in [0.15, 0.2) is 79.1 Å². The Hall–Kier alpha value is -2.05. The van der Waals surface area contributed by atoms with Crippen LogP contribution in [0.3, 0.4) is 0 Å². The van der Waals surface area contributed by atoms with Gasteiger partial charge in [-0.3, -0.25) is 9.97 Å². The molecule has 0 fully saturated rings. The smallest absolute Gasteiger partial charge is 0.0407 e. The van der Waals surface area contributed by atoms with Crippen molar-refractivity contribution in [1.29, 1.82) is 0 Å². The lowest BCUT2D eigenvalue weighted by Gasteiger charge is -2.18. The van der Waals surface area contributed by atoms with E-state index in [1.807, 2.05) is 24.5 Å². The molecule has 3 rings (SSSR count). The van der Waals surface area contributed by atoms with E-state index in [1.54, 1.807) is 0 Å². The Morgan fingerprint density at radius 1 is 0.609 bits per heavy atom. The molecule has 0 aliphatic rings. The predicted molar refractivity (Wildman–Crippen MR) is 98.6 cm³/mol. The van der Waals surface area contributed by atoms with Gasteiger partial charge in [-0.15, -0.1) is 0 Å². The molecule has 3 heteroatoms. The molecule has 0 aliphatic heterocycles. The van der Waals surface area contributed by atoms with Crippen LogP contribution in [-0.2, 0) is 12.8 Å². The van der Waals surface area contributed by atoms with Crippen LogP contribution in [0, 0.1) is 0 Å². The van der Waals surface area contributed by atoms with E-state index in [0.717, 1.165) is 12.8 Å². The van der Waals surface area contributed by atoms with Crippen molar-refractivity contribution in [2.75, 3.05) is 12.3 Å². The predicted octanol–water partition coefficient (Wildman–Crippen LogP) is 4.07. The summed E-state index contributed by atoms with van der Waals surface area (Å²) in [5, 5.41) is 1.48. The Morgan fingerprint density at radius 2 is 1.13 bits per heavy atom. The summed E-state index contributed by atoms with van der Waals surface area (Å²) in [5.41, 5.74) is 2.38. The minimum Gasteiger partial charge on any atom is -0.261 e. The molecule has 0 aliphatic carbocycles. The second-order valence-electron chi connectivity index (χ2n) is 5.46. The number of pyridine rings is 2. The van der Waals surface area contributed by atoms with Crippen molar-refractivity contribution < 1.29 is 0 Å². The third-order valence-electron chi connectivity index (χ3n) is 3.85. The highest BCUT2D eigenvalue weighted by Gasteiger charge is 2.11. The zero-order chi connectivity index (χ0) is 15.7. The molecule has 1 aromatic carbocycles. The van der Waals surface area contributed by atoms with Gasteiger partial charge in [0, 0.05) is 23.8 Å². The van der Waals surface area contributed by atoms with Crippen molar-refractivity contribution in [1.82, 2.24) is 9.97 Å². The van der Waals surface area contributed by atoms with Crippen LogP contribution in [0.4, 0.5) is 0 Å². The standard InChI is InChI=1S/C20H21N2P/c1-2-10-20(11-3-1)23(16-12-18-8-4-6-14-21-18)17-13-19-9-5-7-15-22-19/h1-11,14-15H,12-13,16-17H2. The van der Waals surface area contributed by atoms with Gasteiger partial charge in [-0.25, -0.2) is 0 Å². The number of aryl methyl sites for hydroxylation is 2. The first-order chi connectivity index (χ1) is 11.4. The number of benzene rings is 1. The van der Waals surface area contributed by atoms with E-state index in [9.17, 15) is 0 Å². The molecular formula is C20H21N2P. The van der Waals surface area contributed by atoms with Gasteiger partial charge in [0.2, 0.25) is 0 Å². The van der Waals surface area contributed by atoms with Gasteiger partial charge >= 0.3 is 0 Å². The summed E-state index contributed by atoms with van der Waals surface area (Å²) < 4.78 is 0. The maximum atomic E-state index is 4.46. The third kappa shape index (κ3) is 4.97. The Kier molecular flexibility index (Phi) is 5.88. The van der Waals surface area contributed by atoms with E-state index in [2.05, 4.69) is 64.6 Å². The summed E-state index contributed by atoms with van der Waals surface area (Å²) in [5.74, 6) is 0. The van der Waals surface area contributed by atoms with Gasteiger partial charge in [-0.1, -0.05) is 50.4 Å². The van der Waals surface area contributed by atoms with E-state index >= 15 is 0 Å². The summed E-state index contributed by atoms with van der Waals surface area (Å²) >= 11 is 0. The first kappa shape index (κ1) is 15.8. The summed E-state index contributed by atoms with van der Waals surface area (Å²) in [6.07, 6.45) is 8.22. The van der Waals surface area contributed by atoms with Gasteiger partial charge in [0.1, 0.15) is 0 Å². The molecule has 23 heavy (non-hydrogen) atoms. The molecule has 2 heterocycles. The molecular weight excluding hydrogens is 299 g/mol. The van der Waals surface area contributed by atoms with Crippen LogP contribution in [0.1, 0.15) is 11.4 Å². The topological polar surface area (TPSA) is 25.8 Å². The van der Waals surface area contributed by atoms with Crippen LogP contribution in [0.2, 0.25) is 0 Å². The summed E-state index contributed by atoms with van der Waals surface area (Å²) in [6, 6.07) is 23.3. The zero-order valence-electron chi connectivity index (χ0n) is 13.2. The normalized spacial score (nSPS) is 10.8. The first-order valence-corrected chi connectivity index (χ1v) is 9.73. The lowest BCUT2D eigenvalue weighted by atomic mass is 10.3. The number of hydrogen-bond donors (Lipinski definition) is 0. The second kappa shape index (κ2) is 8.55. The lowest BCUT2D eigenvalue weighted by molar-refractivity contribution is 1.02. The molecule has 0 unspecified atom stereocenters. The Balaban J connectivity index is 1.66. The molecule has 116 valence electrons. The van der Waals surface area contributed by atoms with Crippen molar-refractivity contribution in [3.05, 3.63) is 90.5 Å². The monoisotopic (exact) mass is 320 g/mol. The Labute approximate surface area is 139 Å². The number of hydrogen-bond acceptors (Lipinski definition) is 2. The Morgan fingerprint density at radius 3 is 1.61 bits per heavy atom. The van der Waals surface area contributed by atoms with E-state index in [-0.39, 0.29) is 7.92 Å². The number of nitrogens with zero attached hydrogens (tertiary/aromatic N) is 2. The second-order valence-corrected chi connectivity index (χ2v) is 7.96. The fourth-order valence-electron chi connectivity index (χ4n) is 2.60. The van der Waals surface area contributed by atoms with E-state index < -0.39 is 0 Å². The fraction of sp³-hybridized carbons (Fsp3) is 0.200. The van der Waals surface area contributed by atoms with Crippen molar-refractivity contribution >= 4 is 13.2 Å². The van der Waals surface area contributed by atoms with Crippen molar-refractivity contribution in [3.63, 3.8) is 0 Å². The highest BCUT2D eigenvalue weighted by atomic mass is 31.1. The van der Waals surface area contributed by atoms with Crippen molar-refractivity contribution in [2.24, 2.45) is 0 Å². The lowest BCUT2D eigenvalue weighted by Crippen LogP contribution is -2.10. The van der Waals surface area contributed by atoms with Crippen LogP contribution in [0.5, 0.6) is 0 Å². The van der Waals surface area contributed by atoms with Gasteiger partial charge in [0.15, 0.2) is 0 Å².